The lowest BCUT2D eigenvalue weighted by atomic mass is 10.2. The van der Waals surface area contributed by atoms with Gasteiger partial charge in [0.1, 0.15) is 5.82 Å². The number of amides is 1. The van der Waals surface area contributed by atoms with Crippen LogP contribution in [0.1, 0.15) is 23.0 Å². The van der Waals surface area contributed by atoms with Crippen LogP contribution in [0.4, 0.5) is 10.1 Å². The molecule has 100 valence electrons. The molecule has 0 saturated carbocycles. The van der Waals surface area contributed by atoms with Crippen LogP contribution >= 0.6 is 12.6 Å². The summed E-state index contributed by atoms with van der Waals surface area (Å²) in [5.74, 6) is -0.756. The van der Waals surface area contributed by atoms with Crippen molar-refractivity contribution in [3.05, 3.63) is 41.5 Å². The van der Waals surface area contributed by atoms with E-state index >= 15 is 0 Å². The summed E-state index contributed by atoms with van der Waals surface area (Å²) in [5.41, 5.74) is 1.83. The molecule has 0 atom stereocenters. The first-order valence-corrected chi connectivity index (χ1v) is 6.28. The Balaban J connectivity index is 2.22. The summed E-state index contributed by atoms with van der Waals surface area (Å²) in [4.78, 5) is 12.2. The molecule has 0 spiro atoms. The van der Waals surface area contributed by atoms with Gasteiger partial charge in [-0.3, -0.25) is 9.48 Å². The largest absolute Gasteiger partial charge is 0.319 e. The number of nitrogens with one attached hydrogen (secondary N) is 1. The maximum atomic E-state index is 13.1. The van der Waals surface area contributed by atoms with Crippen LogP contribution in [0.15, 0.2) is 29.3 Å². The summed E-state index contributed by atoms with van der Waals surface area (Å²) in [7, 11) is 1.79. The van der Waals surface area contributed by atoms with Gasteiger partial charge < -0.3 is 5.32 Å². The molecule has 0 bridgehead atoms. The molecule has 0 fully saturated rings. The predicted molar refractivity (Wildman–Crippen MR) is 74.2 cm³/mol. The predicted octanol–water partition coefficient (Wildman–Crippen LogP) is 2.66. The number of rotatable bonds is 3. The molecule has 0 radical (unpaired) electrons. The maximum absolute atomic E-state index is 13.1. The first-order valence-electron chi connectivity index (χ1n) is 5.83. The molecule has 1 aromatic carbocycles. The summed E-state index contributed by atoms with van der Waals surface area (Å²) >= 11 is 3.96. The van der Waals surface area contributed by atoms with E-state index in [2.05, 4.69) is 23.0 Å². The van der Waals surface area contributed by atoms with Gasteiger partial charge in [-0.1, -0.05) is 6.92 Å². The van der Waals surface area contributed by atoms with Gasteiger partial charge in [0.15, 0.2) is 0 Å². The average molecular weight is 279 g/mol. The standard InChI is InChI=1S/C13H14FN3OS/c1-3-10-11(7-17(2)16-10)15-13(18)8-4-5-9(14)12(19)6-8/h4-7,19H,3H2,1-2H3,(H,15,18). The lowest BCUT2D eigenvalue weighted by Gasteiger charge is -2.05. The maximum Gasteiger partial charge on any atom is 0.255 e. The van der Waals surface area contributed by atoms with Crippen LogP contribution in [-0.4, -0.2) is 15.7 Å². The van der Waals surface area contributed by atoms with Gasteiger partial charge in [0.2, 0.25) is 0 Å². The van der Waals surface area contributed by atoms with Crippen molar-refractivity contribution < 1.29 is 9.18 Å². The zero-order valence-corrected chi connectivity index (χ0v) is 11.5. The van der Waals surface area contributed by atoms with Crippen molar-refractivity contribution >= 4 is 24.2 Å². The van der Waals surface area contributed by atoms with Crippen molar-refractivity contribution in [1.29, 1.82) is 0 Å². The van der Waals surface area contributed by atoms with E-state index in [9.17, 15) is 9.18 Å². The SMILES string of the molecule is CCc1nn(C)cc1NC(=O)c1ccc(F)c(S)c1. The van der Waals surface area contributed by atoms with E-state index in [4.69, 9.17) is 0 Å². The monoisotopic (exact) mass is 279 g/mol. The third-order valence-electron chi connectivity index (χ3n) is 2.70. The molecule has 0 saturated heterocycles. The molecule has 4 nitrogen and oxygen atoms in total. The highest BCUT2D eigenvalue weighted by Crippen LogP contribution is 2.18. The van der Waals surface area contributed by atoms with Crippen molar-refractivity contribution in [1.82, 2.24) is 9.78 Å². The smallest absolute Gasteiger partial charge is 0.255 e. The number of benzene rings is 1. The van der Waals surface area contributed by atoms with Gasteiger partial charge in [-0.05, 0) is 24.6 Å². The number of hydrogen-bond acceptors (Lipinski definition) is 3. The van der Waals surface area contributed by atoms with Crippen LogP contribution < -0.4 is 5.32 Å². The van der Waals surface area contributed by atoms with Gasteiger partial charge in [0.25, 0.3) is 5.91 Å². The lowest BCUT2D eigenvalue weighted by Crippen LogP contribution is -2.12. The summed E-state index contributed by atoms with van der Waals surface area (Å²) in [6.45, 7) is 1.96. The minimum atomic E-state index is -0.449. The number of nitrogens with zero attached hydrogens (tertiary/aromatic N) is 2. The summed E-state index contributed by atoms with van der Waals surface area (Å²) in [6.07, 6.45) is 2.46. The topological polar surface area (TPSA) is 46.9 Å². The highest BCUT2D eigenvalue weighted by atomic mass is 32.1. The Morgan fingerprint density at radius 2 is 2.26 bits per heavy atom. The Labute approximate surface area is 116 Å². The van der Waals surface area contributed by atoms with Crippen molar-refractivity contribution in [2.24, 2.45) is 7.05 Å². The molecule has 2 rings (SSSR count). The number of aryl methyl sites for hydroxylation is 2. The Bertz CT molecular complexity index is 624. The van der Waals surface area contributed by atoms with Gasteiger partial charge in [-0.15, -0.1) is 12.6 Å². The van der Waals surface area contributed by atoms with E-state index in [1.807, 2.05) is 6.92 Å². The van der Waals surface area contributed by atoms with Crippen LogP contribution in [0.2, 0.25) is 0 Å². The average Bonchev–Trinajstić information content (AvgIpc) is 2.72. The third-order valence-corrected chi connectivity index (χ3v) is 3.04. The molecule has 1 aromatic heterocycles. The van der Waals surface area contributed by atoms with E-state index in [1.165, 1.54) is 18.2 Å². The van der Waals surface area contributed by atoms with Crippen LogP contribution in [0.25, 0.3) is 0 Å². The minimum Gasteiger partial charge on any atom is -0.319 e. The normalized spacial score (nSPS) is 10.5. The van der Waals surface area contributed by atoms with E-state index in [-0.39, 0.29) is 10.8 Å². The summed E-state index contributed by atoms with van der Waals surface area (Å²) in [6, 6.07) is 4.05. The van der Waals surface area contributed by atoms with Gasteiger partial charge in [0, 0.05) is 23.7 Å². The summed E-state index contributed by atoms with van der Waals surface area (Å²) < 4.78 is 14.7. The number of hydrogen-bond donors (Lipinski definition) is 2. The van der Waals surface area contributed by atoms with E-state index < -0.39 is 5.82 Å². The molecule has 6 heteroatoms. The number of aromatic nitrogens is 2. The molecular weight excluding hydrogens is 265 g/mol. The molecule has 1 amide bonds. The Kier molecular flexibility index (Phi) is 3.90. The molecule has 0 aliphatic heterocycles. The first-order chi connectivity index (χ1) is 9.01. The van der Waals surface area contributed by atoms with Crippen LogP contribution in [0.3, 0.4) is 0 Å². The second-order valence-electron chi connectivity index (χ2n) is 4.14. The van der Waals surface area contributed by atoms with Crippen LogP contribution in [-0.2, 0) is 13.5 Å². The summed E-state index contributed by atoms with van der Waals surface area (Å²) in [5, 5.41) is 7.00. The van der Waals surface area contributed by atoms with Crippen molar-refractivity contribution in [2.45, 2.75) is 18.2 Å². The van der Waals surface area contributed by atoms with Crippen LogP contribution in [0.5, 0.6) is 0 Å². The third kappa shape index (κ3) is 2.96. The molecule has 0 aliphatic carbocycles. The molecule has 0 unspecified atom stereocenters. The fraction of sp³-hybridized carbons (Fsp3) is 0.231. The lowest BCUT2D eigenvalue weighted by molar-refractivity contribution is 0.102. The van der Waals surface area contributed by atoms with Crippen molar-refractivity contribution in [3.63, 3.8) is 0 Å². The van der Waals surface area contributed by atoms with E-state index in [0.29, 0.717) is 11.3 Å². The molecular formula is C13H14FN3OS. The second kappa shape index (κ2) is 5.44. The molecule has 1 N–H and O–H groups in total. The fourth-order valence-electron chi connectivity index (χ4n) is 1.75. The number of anilines is 1. The van der Waals surface area contributed by atoms with Gasteiger partial charge in [-0.2, -0.15) is 5.10 Å². The Morgan fingerprint density at radius 1 is 1.53 bits per heavy atom. The van der Waals surface area contributed by atoms with Gasteiger partial charge >= 0.3 is 0 Å². The molecule has 19 heavy (non-hydrogen) atoms. The zero-order valence-electron chi connectivity index (χ0n) is 10.6. The number of thiol groups is 1. The fourth-order valence-corrected chi connectivity index (χ4v) is 1.96. The number of halogens is 1. The zero-order chi connectivity index (χ0) is 14.0. The van der Waals surface area contributed by atoms with E-state index in [1.54, 1.807) is 17.9 Å². The minimum absolute atomic E-state index is 0.148. The Hall–Kier alpha value is -1.82. The second-order valence-corrected chi connectivity index (χ2v) is 4.62. The van der Waals surface area contributed by atoms with Crippen LogP contribution in [0, 0.1) is 5.82 Å². The van der Waals surface area contributed by atoms with E-state index in [0.717, 1.165) is 12.1 Å². The molecule has 2 aromatic rings. The van der Waals surface area contributed by atoms with Crippen molar-refractivity contribution in [2.75, 3.05) is 5.32 Å². The van der Waals surface area contributed by atoms with Gasteiger partial charge in [0.05, 0.1) is 11.4 Å². The number of carbonyl (C=O) groups is 1. The first kappa shape index (κ1) is 13.6. The van der Waals surface area contributed by atoms with Gasteiger partial charge in [-0.25, -0.2) is 4.39 Å². The quantitative estimate of drug-likeness (QED) is 0.849. The highest BCUT2D eigenvalue weighted by Gasteiger charge is 2.12. The molecule has 0 aliphatic rings. The molecule has 1 heterocycles. The van der Waals surface area contributed by atoms with Crippen molar-refractivity contribution in [3.8, 4) is 0 Å². The number of carbonyl (C=O) groups excluding carboxylic acids is 1. The highest BCUT2D eigenvalue weighted by molar-refractivity contribution is 7.80. The Morgan fingerprint density at radius 3 is 2.89 bits per heavy atom.